The van der Waals surface area contributed by atoms with E-state index in [0.29, 0.717) is 5.69 Å². The van der Waals surface area contributed by atoms with Crippen LogP contribution in [0.4, 0.5) is 5.69 Å². The highest BCUT2D eigenvalue weighted by molar-refractivity contribution is 7.98. The second-order valence-electron chi connectivity index (χ2n) is 8.04. The first-order chi connectivity index (χ1) is 13.6. The summed E-state index contributed by atoms with van der Waals surface area (Å²) >= 11 is 1.55. The van der Waals surface area contributed by atoms with Crippen LogP contribution in [0.5, 0.6) is 0 Å². The van der Waals surface area contributed by atoms with Crippen LogP contribution in [-0.4, -0.2) is 61.7 Å². The second-order valence-corrected chi connectivity index (χ2v) is 10.9. The van der Waals surface area contributed by atoms with Crippen molar-refractivity contribution >= 4 is 39.3 Å². The van der Waals surface area contributed by atoms with Gasteiger partial charge < -0.3 is 5.32 Å². The van der Waals surface area contributed by atoms with Gasteiger partial charge in [-0.05, 0) is 44.2 Å². The van der Waals surface area contributed by atoms with Crippen LogP contribution in [0.2, 0.25) is 0 Å². The maximum Gasteiger partial charge on any atom is 0.247 e. The van der Waals surface area contributed by atoms with Crippen LogP contribution in [0.3, 0.4) is 0 Å². The Morgan fingerprint density at radius 3 is 2.55 bits per heavy atom. The highest BCUT2D eigenvalue weighted by Gasteiger charge is 2.50. The third-order valence-electron chi connectivity index (χ3n) is 5.75. The molecular weight excluding hydrogens is 410 g/mol. The van der Waals surface area contributed by atoms with Crippen molar-refractivity contribution in [1.29, 1.82) is 0 Å². The Hall–Kier alpha value is -1.58. The van der Waals surface area contributed by atoms with Crippen molar-refractivity contribution in [3.63, 3.8) is 0 Å². The summed E-state index contributed by atoms with van der Waals surface area (Å²) in [7, 11) is -3.61. The van der Waals surface area contributed by atoms with Gasteiger partial charge in [0.25, 0.3) is 0 Å². The molecule has 2 amide bonds. The van der Waals surface area contributed by atoms with Gasteiger partial charge in [0.2, 0.25) is 21.8 Å². The summed E-state index contributed by atoms with van der Waals surface area (Å²) in [5.41, 5.74) is -0.719. The number of amides is 2. The lowest BCUT2D eigenvalue weighted by Crippen LogP contribution is -2.70. The van der Waals surface area contributed by atoms with Gasteiger partial charge in [-0.2, -0.15) is 4.31 Å². The van der Waals surface area contributed by atoms with E-state index in [2.05, 4.69) is 5.32 Å². The lowest BCUT2D eigenvalue weighted by Gasteiger charge is -2.47. The van der Waals surface area contributed by atoms with Crippen LogP contribution in [-0.2, 0) is 19.6 Å². The van der Waals surface area contributed by atoms with E-state index >= 15 is 0 Å². The molecule has 0 spiro atoms. The molecule has 1 aromatic carbocycles. The van der Waals surface area contributed by atoms with Gasteiger partial charge in [-0.3, -0.25) is 14.5 Å². The number of thioether (sulfide) groups is 1. The SMILES string of the molecule is CSc1cccc(N2C(=O)CN(S(C)(=O)=O)C[C@]2(C)C(=O)NC2CCCCC2)c1. The summed E-state index contributed by atoms with van der Waals surface area (Å²) < 4.78 is 25.5. The lowest BCUT2D eigenvalue weighted by molar-refractivity contribution is -0.133. The van der Waals surface area contributed by atoms with E-state index in [9.17, 15) is 18.0 Å². The quantitative estimate of drug-likeness (QED) is 0.711. The van der Waals surface area contributed by atoms with E-state index in [-0.39, 0.29) is 25.0 Å². The highest BCUT2D eigenvalue weighted by atomic mass is 32.2. The average Bonchev–Trinajstić information content (AvgIpc) is 2.67. The van der Waals surface area contributed by atoms with Gasteiger partial charge in [0.1, 0.15) is 5.54 Å². The molecule has 0 radical (unpaired) electrons. The molecule has 1 N–H and O–H groups in total. The Balaban J connectivity index is 1.98. The summed E-state index contributed by atoms with van der Waals surface area (Å²) in [5.74, 6) is -0.707. The minimum atomic E-state index is -3.61. The zero-order valence-corrected chi connectivity index (χ0v) is 18.8. The predicted octanol–water partition coefficient (Wildman–Crippen LogP) is 2.22. The van der Waals surface area contributed by atoms with Crippen molar-refractivity contribution in [3.8, 4) is 0 Å². The molecule has 1 aromatic rings. The fourth-order valence-electron chi connectivity index (χ4n) is 4.14. The van der Waals surface area contributed by atoms with Crippen molar-refractivity contribution in [3.05, 3.63) is 24.3 Å². The van der Waals surface area contributed by atoms with E-state index in [1.165, 1.54) is 4.90 Å². The van der Waals surface area contributed by atoms with Crippen LogP contribution in [0.25, 0.3) is 0 Å². The molecule has 1 atom stereocenters. The Bertz CT molecular complexity index is 883. The lowest BCUT2D eigenvalue weighted by atomic mass is 9.91. The fourth-order valence-corrected chi connectivity index (χ4v) is 5.43. The van der Waals surface area contributed by atoms with Crippen LogP contribution in [0.1, 0.15) is 39.0 Å². The molecular formula is C20H29N3O4S2. The van der Waals surface area contributed by atoms with Crippen LogP contribution < -0.4 is 10.2 Å². The maximum atomic E-state index is 13.4. The fraction of sp³-hybridized carbons (Fsp3) is 0.600. The minimum Gasteiger partial charge on any atom is -0.351 e. The zero-order valence-electron chi connectivity index (χ0n) is 17.2. The van der Waals surface area contributed by atoms with Crippen LogP contribution in [0, 0.1) is 0 Å². The third kappa shape index (κ3) is 4.78. The molecule has 2 aliphatic rings. The van der Waals surface area contributed by atoms with Gasteiger partial charge in [0.15, 0.2) is 0 Å². The monoisotopic (exact) mass is 439 g/mol. The van der Waals surface area contributed by atoms with Gasteiger partial charge in [0, 0.05) is 23.2 Å². The second kappa shape index (κ2) is 8.65. The number of nitrogens with one attached hydrogen (secondary N) is 1. The smallest absolute Gasteiger partial charge is 0.247 e. The average molecular weight is 440 g/mol. The van der Waals surface area contributed by atoms with Crippen molar-refractivity contribution < 1.29 is 18.0 Å². The van der Waals surface area contributed by atoms with Crippen molar-refractivity contribution in [2.75, 3.05) is 30.5 Å². The molecule has 1 heterocycles. The van der Waals surface area contributed by atoms with E-state index in [0.717, 1.165) is 47.6 Å². The van der Waals surface area contributed by atoms with Crippen LogP contribution >= 0.6 is 11.8 Å². The summed E-state index contributed by atoms with van der Waals surface area (Å²) in [6.45, 7) is 1.32. The van der Waals surface area contributed by atoms with Crippen molar-refractivity contribution in [2.24, 2.45) is 0 Å². The zero-order chi connectivity index (χ0) is 21.2. The maximum absolute atomic E-state index is 13.4. The molecule has 1 aliphatic carbocycles. The first-order valence-corrected chi connectivity index (χ1v) is 13.0. The van der Waals surface area contributed by atoms with Crippen LogP contribution in [0.15, 0.2) is 29.2 Å². The summed E-state index contributed by atoms with van der Waals surface area (Å²) in [6, 6.07) is 7.50. The predicted molar refractivity (Wildman–Crippen MR) is 116 cm³/mol. The minimum absolute atomic E-state index is 0.0659. The molecule has 3 rings (SSSR count). The largest absolute Gasteiger partial charge is 0.351 e. The van der Waals surface area contributed by atoms with E-state index in [1.54, 1.807) is 24.8 Å². The molecule has 9 heteroatoms. The molecule has 0 aromatic heterocycles. The summed E-state index contributed by atoms with van der Waals surface area (Å²) in [6.07, 6.45) is 8.13. The standard InChI is InChI=1S/C20H29N3O4S2/c1-20(19(25)21-15-8-5-4-6-9-15)14-22(29(3,26)27)13-18(24)23(20)16-10-7-11-17(12-16)28-2/h7,10-12,15H,4-6,8-9,13-14H2,1-3H3,(H,21,25)/t20-/m1/s1. The number of sulfonamides is 1. The number of piperazine rings is 1. The molecule has 0 unspecified atom stereocenters. The normalized spacial score (nSPS) is 24.5. The number of nitrogens with zero attached hydrogens (tertiary/aromatic N) is 2. The Labute approximate surface area is 177 Å². The molecule has 2 fully saturated rings. The first-order valence-electron chi connectivity index (χ1n) is 9.88. The Morgan fingerprint density at radius 1 is 1.24 bits per heavy atom. The molecule has 7 nitrogen and oxygen atoms in total. The van der Waals surface area contributed by atoms with Gasteiger partial charge in [-0.25, -0.2) is 8.42 Å². The topological polar surface area (TPSA) is 86.8 Å². The number of carbonyl (C=O) groups is 2. The van der Waals surface area contributed by atoms with E-state index < -0.39 is 21.5 Å². The van der Waals surface area contributed by atoms with Crippen molar-refractivity contribution in [2.45, 2.75) is 55.5 Å². The van der Waals surface area contributed by atoms with E-state index in [1.807, 2.05) is 24.5 Å². The summed E-state index contributed by atoms with van der Waals surface area (Å²) in [4.78, 5) is 29.0. The van der Waals surface area contributed by atoms with Crippen molar-refractivity contribution in [1.82, 2.24) is 9.62 Å². The number of hydrogen-bond donors (Lipinski definition) is 1. The molecule has 1 saturated carbocycles. The molecule has 160 valence electrons. The van der Waals surface area contributed by atoms with Gasteiger partial charge in [-0.15, -0.1) is 11.8 Å². The third-order valence-corrected chi connectivity index (χ3v) is 7.67. The number of hydrogen-bond acceptors (Lipinski definition) is 5. The molecule has 1 aliphatic heterocycles. The van der Waals surface area contributed by atoms with Gasteiger partial charge in [0.05, 0.1) is 12.8 Å². The number of rotatable bonds is 5. The van der Waals surface area contributed by atoms with Gasteiger partial charge in [-0.1, -0.05) is 25.3 Å². The molecule has 29 heavy (non-hydrogen) atoms. The molecule has 0 bridgehead atoms. The number of benzene rings is 1. The number of anilines is 1. The Kier molecular flexibility index (Phi) is 6.60. The number of carbonyl (C=O) groups excluding carboxylic acids is 2. The Morgan fingerprint density at radius 2 is 1.93 bits per heavy atom. The summed E-state index contributed by atoms with van der Waals surface area (Å²) in [5, 5.41) is 3.09. The first kappa shape index (κ1) is 22.1. The molecule has 1 saturated heterocycles. The highest BCUT2D eigenvalue weighted by Crippen LogP contribution is 2.33. The van der Waals surface area contributed by atoms with E-state index in [4.69, 9.17) is 0 Å². The van der Waals surface area contributed by atoms with Gasteiger partial charge >= 0.3 is 0 Å².